The fourth-order valence-corrected chi connectivity index (χ4v) is 2.74. The van der Waals surface area contributed by atoms with Crippen molar-refractivity contribution in [2.24, 2.45) is 29.6 Å². The van der Waals surface area contributed by atoms with Crippen LogP contribution in [0.4, 0.5) is 0 Å². The zero-order valence-corrected chi connectivity index (χ0v) is 19.5. The predicted molar refractivity (Wildman–Crippen MR) is 102 cm³/mol. The second-order valence-electron chi connectivity index (χ2n) is 6.71. The Labute approximate surface area is 155 Å². The monoisotopic (exact) mass is 521 g/mol. The maximum atomic E-state index is 4.64. The number of benzene rings is 1. The summed E-state index contributed by atoms with van der Waals surface area (Å²) in [5, 5.41) is 0. The van der Waals surface area contributed by atoms with E-state index in [2.05, 4.69) is 70.3 Å². The van der Waals surface area contributed by atoms with E-state index in [0.29, 0.717) is 7.92 Å². The molecule has 0 atom stereocenters. The van der Waals surface area contributed by atoms with E-state index in [4.69, 9.17) is 0 Å². The Kier molecular flexibility index (Phi) is 17.1. The van der Waals surface area contributed by atoms with Crippen LogP contribution in [-0.4, -0.2) is 20.0 Å². The molecule has 22 heavy (non-hydrogen) atoms. The van der Waals surface area contributed by atoms with Crippen LogP contribution >= 0.6 is 17.5 Å². The Bertz CT molecular complexity index is 257. The van der Waals surface area contributed by atoms with Crippen molar-refractivity contribution in [1.29, 1.82) is 0 Å². The molecule has 0 N–H and O–H groups in total. The van der Waals surface area contributed by atoms with Crippen molar-refractivity contribution >= 4 is 17.5 Å². The van der Waals surface area contributed by atoms with Crippen molar-refractivity contribution in [3.63, 3.8) is 0 Å². The van der Waals surface area contributed by atoms with Crippen LogP contribution in [0.15, 0.2) is 30.3 Å². The Morgan fingerprint density at radius 2 is 0.909 bits per heavy atom. The summed E-state index contributed by atoms with van der Waals surface area (Å²) < 4.78 is 0. The minimum absolute atomic E-state index is 0.380. The van der Waals surface area contributed by atoms with Crippen molar-refractivity contribution in [3.8, 4) is 0 Å². The molecule has 1 fully saturated rings. The van der Waals surface area contributed by atoms with Gasteiger partial charge in [-0.05, 0) is 49.6 Å². The van der Waals surface area contributed by atoms with E-state index < -0.39 is 0 Å². The Balaban J connectivity index is 0. The molecule has 2 rings (SSSR count). The maximum absolute atomic E-state index is 4.64. The molecule has 0 bridgehead atoms. The summed E-state index contributed by atoms with van der Waals surface area (Å²) in [4.78, 5) is 0. The van der Waals surface area contributed by atoms with Crippen molar-refractivity contribution in [2.45, 2.75) is 34.6 Å². The van der Waals surface area contributed by atoms with Crippen LogP contribution in [0.3, 0.4) is 0 Å². The molecular formula is C19H34ClIrP+. The Morgan fingerprint density at radius 3 is 1.00 bits per heavy atom. The number of hydrogen-bond acceptors (Lipinski definition) is 0. The van der Waals surface area contributed by atoms with Crippen molar-refractivity contribution in [3.05, 3.63) is 36.4 Å². The average Bonchev–Trinajstić information content (AvgIpc) is 2.69. The van der Waals surface area contributed by atoms with E-state index in [0.717, 1.165) is 29.6 Å². The second-order valence-corrected chi connectivity index (χ2v) is 9.40. The van der Waals surface area contributed by atoms with Crippen LogP contribution < -0.4 is 0 Å². The second kappa shape index (κ2) is 15.1. The van der Waals surface area contributed by atoms with Gasteiger partial charge >= 0.3 is 27.5 Å². The minimum atomic E-state index is 0.380. The minimum Gasteiger partial charge on any atom is -0.184 e. The van der Waals surface area contributed by atoms with Crippen LogP contribution in [0.1, 0.15) is 34.6 Å². The molecule has 1 aromatic rings. The first-order chi connectivity index (χ1) is 10.3. The van der Waals surface area contributed by atoms with Crippen LogP contribution in [0, 0.1) is 35.7 Å². The number of halogens is 1. The van der Waals surface area contributed by atoms with Crippen LogP contribution in [0.2, 0.25) is 0 Å². The standard InChI is InChI=1S/C10H20.C6H5.C3H9P.ClH.Ir/c1-6-7(2)9(4)10(5)8(6)3;1-2-4-6-5-3-1;1-4(2)3;;/h6-10H,1-5H3;1-5H;1-3H3;1H;/q;-1;;;+3/p-1. The van der Waals surface area contributed by atoms with Crippen LogP contribution in [0.25, 0.3) is 0 Å². The molecule has 1 aliphatic carbocycles. The molecule has 0 radical (unpaired) electrons. The number of hydrogen-bond donors (Lipinski definition) is 0. The zero-order chi connectivity index (χ0) is 17.7. The van der Waals surface area contributed by atoms with Gasteiger partial charge in [-0.25, -0.2) is 0 Å². The van der Waals surface area contributed by atoms with Gasteiger partial charge in [-0.2, -0.15) is 36.4 Å². The van der Waals surface area contributed by atoms with E-state index in [-0.39, 0.29) is 0 Å². The smallest absolute Gasteiger partial charge is 0.171 e. The molecule has 0 aliphatic heterocycles. The molecule has 0 saturated heterocycles. The molecule has 0 heterocycles. The van der Waals surface area contributed by atoms with Crippen molar-refractivity contribution < 1.29 is 17.9 Å². The summed E-state index contributed by atoms with van der Waals surface area (Å²) in [5.41, 5.74) is 0. The molecule has 0 amide bonds. The van der Waals surface area contributed by atoms with E-state index in [1.165, 1.54) is 17.9 Å². The fraction of sp³-hybridized carbons (Fsp3) is 0.684. The SMILES string of the molecule is CC1C(C)C(C)C(C)C1C.CP(C)C.[Cl][Ir+2].[c-]1ccccc1. The molecule has 1 aromatic carbocycles. The van der Waals surface area contributed by atoms with Gasteiger partial charge in [0, 0.05) is 0 Å². The quantitative estimate of drug-likeness (QED) is 0.263. The Morgan fingerprint density at radius 1 is 0.682 bits per heavy atom. The summed E-state index contributed by atoms with van der Waals surface area (Å²) in [5.74, 6) is 4.68. The zero-order valence-electron chi connectivity index (χ0n) is 15.4. The van der Waals surface area contributed by atoms with Gasteiger partial charge in [0.25, 0.3) is 0 Å². The molecule has 0 aromatic heterocycles. The average molecular weight is 521 g/mol. The summed E-state index contributed by atoms with van der Waals surface area (Å²) in [6, 6.07) is 12.5. The molecular weight excluding hydrogens is 487 g/mol. The largest absolute Gasteiger partial charge is 0.184 e. The fourth-order valence-electron chi connectivity index (χ4n) is 2.74. The topological polar surface area (TPSA) is 0 Å². The Hall–Kier alpha value is 0.589. The van der Waals surface area contributed by atoms with Crippen LogP contribution in [0.5, 0.6) is 0 Å². The van der Waals surface area contributed by atoms with Gasteiger partial charge in [-0.3, -0.25) is 0 Å². The molecule has 3 heteroatoms. The van der Waals surface area contributed by atoms with E-state index in [9.17, 15) is 0 Å². The third kappa shape index (κ3) is 11.2. The number of rotatable bonds is 0. The van der Waals surface area contributed by atoms with Gasteiger partial charge < -0.3 is 0 Å². The van der Waals surface area contributed by atoms with Crippen molar-refractivity contribution in [2.75, 3.05) is 20.0 Å². The molecule has 1 saturated carbocycles. The summed E-state index contributed by atoms with van der Waals surface area (Å²) in [6.45, 7) is 18.7. The van der Waals surface area contributed by atoms with Crippen molar-refractivity contribution in [1.82, 2.24) is 0 Å². The first-order valence-electron chi connectivity index (χ1n) is 7.93. The predicted octanol–water partition coefficient (Wildman–Crippen LogP) is 6.71. The van der Waals surface area contributed by atoms with E-state index >= 15 is 0 Å². The van der Waals surface area contributed by atoms with Gasteiger partial charge in [0.05, 0.1) is 0 Å². The summed E-state index contributed by atoms with van der Waals surface area (Å²) in [7, 11) is 5.02. The third-order valence-corrected chi connectivity index (χ3v) is 4.75. The van der Waals surface area contributed by atoms with E-state index in [1.807, 2.05) is 30.3 Å². The maximum Gasteiger partial charge on any atom is -0.171 e. The first-order valence-corrected chi connectivity index (χ1v) is 13.6. The van der Waals surface area contributed by atoms with Gasteiger partial charge in [0.2, 0.25) is 0 Å². The van der Waals surface area contributed by atoms with Gasteiger partial charge in [-0.15, -0.1) is 7.92 Å². The summed E-state index contributed by atoms with van der Waals surface area (Å²) in [6.07, 6.45) is 0. The van der Waals surface area contributed by atoms with Gasteiger partial charge in [0.1, 0.15) is 0 Å². The normalized spacial score (nSPS) is 29.3. The van der Waals surface area contributed by atoms with Gasteiger partial charge in [-0.1, -0.05) is 34.6 Å². The van der Waals surface area contributed by atoms with Gasteiger partial charge in [0.15, 0.2) is 0 Å². The van der Waals surface area contributed by atoms with Crippen LogP contribution in [-0.2, 0) is 17.9 Å². The molecule has 1 aliphatic rings. The van der Waals surface area contributed by atoms with E-state index in [1.54, 1.807) is 0 Å². The molecule has 0 unspecified atom stereocenters. The third-order valence-electron chi connectivity index (χ3n) is 4.75. The molecule has 130 valence electrons. The first kappa shape index (κ1) is 24.8. The molecule has 0 spiro atoms. The summed E-state index contributed by atoms with van der Waals surface area (Å²) >= 11 is 1.47. The molecule has 0 nitrogen and oxygen atoms in total.